The van der Waals surface area contributed by atoms with Gasteiger partial charge in [0.1, 0.15) is 5.65 Å². The van der Waals surface area contributed by atoms with E-state index < -0.39 is 0 Å². The second kappa shape index (κ2) is 4.65. The molecule has 0 aliphatic carbocycles. The molecule has 2 aromatic rings. The number of aromatic amines is 1. The fourth-order valence-corrected chi connectivity index (χ4v) is 1.09. The van der Waals surface area contributed by atoms with Crippen LogP contribution in [0.1, 0.15) is 27.3 Å². The Morgan fingerprint density at radius 2 is 2.15 bits per heavy atom. The molecule has 0 aliphatic heterocycles. The van der Waals surface area contributed by atoms with E-state index in [2.05, 4.69) is 36.8 Å². The molecule has 0 aromatic carbocycles. The first-order valence-corrected chi connectivity index (χ1v) is 4.68. The first kappa shape index (κ1) is 9.78. The molecule has 0 radical (unpaired) electrons. The molecule has 0 fully saturated rings. The van der Waals surface area contributed by atoms with Gasteiger partial charge in [-0.1, -0.05) is 20.3 Å². The summed E-state index contributed by atoms with van der Waals surface area (Å²) >= 11 is 0. The van der Waals surface area contributed by atoms with Gasteiger partial charge in [-0.05, 0) is 24.6 Å². The smallest absolute Gasteiger partial charge is 0.137 e. The molecular formula is C11H18N2. The van der Waals surface area contributed by atoms with E-state index in [9.17, 15) is 0 Å². The maximum Gasteiger partial charge on any atom is 0.137 e. The third-order valence-electron chi connectivity index (χ3n) is 1.66. The van der Waals surface area contributed by atoms with E-state index >= 15 is 0 Å². The molecule has 0 saturated heterocycles. The summed E-state index contributed by atoms with van der Waals surface area (Å²) in [5, 5.41) is 1.21. The van der Waals surface area contributed by atoms with Crippen LogP contribution < -0.4 is 0 Å². The van der Waals surface area contributed by atoms with Crippen LogP contribution in [0.5, 0.6) is 0 Å². The molecule has 2 heterocycles. The Morgan fingerprint density at radius 1 is 1.46 bits per heavy atom. The number of fused-ring (bicyclic) bond motifs is 1. The van der Waals surface area contributed by atoms with Crippen molar-refractivity contribution in [2.75, 3.05) is 0 Å². The molecule has 0 saturated carbocycles. The minimum Gasteiger partial charge on any atom is -0.346 e. The Labute approximate surface area is 80.5 Å². The molecular weight excluding hydrogens is 160 g/mol. The zero-order valence-electron chi connectivity index (χ0n) is 8.46. The third-order valence-corrected chi connectivity index (χ3v) is 1.66. The highest BCUT2D eigenvalue weighted by molar-refractivity contribution is 5.78. The monoisotopic (exact) mass is 178 g/mol. The summed E-state index contributed by atoms with van der Waals surface area (Å²) in [6.07, 6.45) is 5.01. The van der Waals surface area contributed by atoms with Crippen LogP contribution in [0.15, 0.2) is 24.5 Å². The highest BCUT2D eigenvalue weighted by Gasteiger charge is 1.95. The molecule has 0 aliphatic rings. The van der Waals surface area contributed by atoms with Gasteiger partial charge in [-0.25, -0.2) is 4.98 Å². The quantitative estimate of drug-likeness (QED) is 0.656. The molecule has 0 atom stereocenters. The third kappa shape index (κ3) is 2.31. The number of hydrogen-bond donors (Lipinski definition) is 1. The average Bonchev–Trinajstić information content (AvgIpc) is 2.50. The molecule has 0 amide bonds. The lowest BCUT2D eigenvalue weighted by atomic mass is 10.2. The van der Waals surface area contributed by atoms with Crippen molar-refractivity contribution in [3.05, 3.63) is 30.1 Å². The largest absolute Gasteiger partial charge is 0.346 e. The van der Waals surface area contributed by atoms with E-state index in [4.69, 9.17) is 0 Å². The van der Waals surface area contributed by atoms with Gasteiger partial charge in [0.05, 0.1) is 0 Å². The number of rotatable bonds is 0. The first-order valence-electron chi connectivity index (χ1n) is 4.68. The van der Waals surface area contributed by atoms with Crippen molar-refractivity contribution < 1.29 is 1.43 Å². The van der Waals surface area contributed by atoms with Gasteiger partial charge in [0.25, 0.3) is 0 Å². The van der Waals surface area contributed by atoms with Crippen molar-refractivity contribution >= 4 is 11.0 Å². The predicted molar refractivity (Wildman–Crippen MR) is 58.9 cm³/mol. The van der Waals surface area contributed by atoms with E-state index in [0.717, 1.165) is 5.65 Å². The molecule has 2 nitrogen and oxygen atoms in total. The Hall–Kier alpha value is -1.31. The Bertz CT molecular complexity index is 368. The second-order valence-electron chi connectivity index (χ2n) is 3.08. The van der Waals surface area contributed by atoms with E-state index in [0.29, 0.717) is 0 Å². The topological polar surface area (TPSA) is 28.7 Å². The number of nitrogens with zero attached hydrogens (tertiary/aromatic N) is 1. The minimum atomic E-state index is 0. The number of nitrogens with one attached hydrogen (secondary N) is 1. The van der Waals surface area contributed by atoms with Gasteiger partial charge < -0.3 is 4.98 Å². The van der Waals surface area contributed by atoms with Crippen LogP contribution >= 0.6 is 0 Å². The average molecular weight is 178 g/mol. The fourth-order valence-electron chi connectivity index (χ4n) is 1.09. The van der Waals surface area contributed by atoms with Gasteiger partial charge in [0, 0.05) is 19.2 Å². The van der Waals surface area contributed by atoms with E-state index in [1.807, 2.05) is 12.3 Å². The summed E-state index contributed by atoms with van der Waals surface area (Å²) in [6, 6.07) is 4.01. The Kier molecular flexibility index (Phi) is 3.50. The maximum absolute atomic E-state index is 4.15. The van der Waals surface area contributed by atoms with Gasteiger partial charge in [0.2, 0.25) is 0 Å². The second-order valence-corrected chi connectivity index (χ2v) is 3.08. The number of aromatic nitrogens is 2. The fraction of sp³-hybridized carbons (Fsp3) is 0.364. The lowest BCUT2D eigenvalue weighted by molar-refractivity contribution is 1.09. The van der Waals surface area contributed by atoms with E-state index in [-0.39, 0.29) is 1.43 Å². The Morgan fingerprint density at radius 3 is 2.77 bits per heavy atom. The first-order chi connectivity index (χ1) is 6.29. The summed E-state index contributed by atoms with van der Waals surface area (Å²) in [7, 11) is 0. The van der Waals surface area contributed by atoms with Crippen molar-refractivity contribution in [1.82, 2.24) is 9.97 Å². The van der Waals surface area contributed by atoms with Crippen molar-refractivity contribution in [2.24, 2.45) is 0 Å². The summed E-state index contributed by atoms with van der Waals surface area (Å²) in [6.45, 7) is 6.32. The molecule has 0 spiro atoms. The lowest BCUT2D eigenvalue weighted by Crippen LogP contribution is -1.72. The number of hydrogen-bond acceptors (Lipinski definition) is 1. The highest BCUT2D eigenvalue weighted by Crippen LogP contribution is 2.12. The van der Waals surface area contributed by atoms with Gasteiger partial charge in [-0.2, -0.15) is 0 Å². The lowest BCUT2D eigenvalue weighted by Gasteiger charge is -1.86. The molecule has 2 aromatic heterocycles. The number of pyridine rings is 1. The van der Waals surface area contributed by atoms with Crippen LogP contribution in [0.2, 0.25) is 0 Å². The van der Waals surface area contributed by atoms with Crippen LogP contribution in [-0.2, 0) is 0 Å². The van der Waals surface area contributed by atoms with Crippen molar-refractivity contribution in [2.45, 2.75) is 27.2 Å². The van der Waals surface area contributed by atoms with Gasteiger partial charge in [-0.15, -0.1) is 0 Å². The van der Waals surface area contributed by atoms with Crippen LogP contribution in [0.4, 0.5) is 0 Å². The maximum atomic E-state index is 4.15. The molecule has 1 N–H and O–H groups in total. The van der Waals surface area contributed by atoms with E-state index in [1.54, 1.807) is 6.20 Å². The molecule has 13 heavy (non-hydrogen) atoms. The number of aryl methyl sites for hydroxylation is 1. The normalized spacial score (nSPS) is 9.46. The molecule has 0 bridgehead atoms. The summed E-state index contributed by atoms with van der Waals surface area (Å²) < 4.78 is 0. The molecule has 2 rings (SSSR count). The predicted octanol–water partition coefficient (Wildman–Crippen LogP) is 3.53. The zero-order chi connectivity index (χ0) is 9.68. The van der Waals surface area contributed by atoms with Crippen LogP contribution in [0, 0.1) is 6.92 Å². The van der Waals surface area contributed by atoms with Crippen molar-refractivity contribution in [3.63, 3.8) is 0 Å². The zero-order valence-corrected chi connectivity index (χ0v) is 8.46. The minimum absolute atomic E-state index is 0. The van der Waals surface area contributed by atoms with Crippen LogP contribution in [0.25, 0.3) is 11.0 Å². The van der Waals surface area contributed by atoms with Gasteiger partial charge in [-0.3, -0.25) is 0 Å². The van der Waals surface area contributed by atoms with Gasteiger partial charge in [0.15, 0.2) is 0 Å². The molecule has 0 unspecified atom stereocenters. The standard InChI is InChI=1S/C8H8N2.C3H8.H2/c1-6-5-10-8-7(6)3-2-4-9-8;1-3-2;/h2-5H,1H3,(H,9,10);3H2,1-2H3;1H. The molecule has 2 heteroatoms. The van der Waals surface area contributed by atoms with E-state index in [1.165, 1.54) is 17.4 Å². The van der Waals surface area contributed by atoms with Crippen LogP contribution in [0.3, 0.4) is 0 Å². The number of H-pyrrole nitrogens is 1. The summed E-state index contributed by atoms with van der Waals surface area (Å²) in [5.41, 5.74) is 2.23. The van der Waals surface area contributed by atoms with Gasteiger partial charge >= 0.3 is 0 Å². The molecule has 72 valence electrons. The van der Waals surface area contributed by atoms with Crippen LogP contribution in [-0.4, -0.2) is 9.97 Å². The SMILES string of the molecule is CCC.Cc1c[nH]c2ncccc12.[HH]. The summed E-state index contributed by atoms with van der Waals surface area (Å²) in [4.78, 5) is 7.22. The highest BCUT2D eigenvalue weighted by atomic mass is 14.8. The Balaban J connectivity index is 0.000000381. The van der Waals surface area contributed by atoms with Crippen molar-refractivity contribution in [1.29, 1.82) is 0 Å². The summed E-state index contributed by atoms with van der Waals surface area (Å²) in [5.74, 6) is 0. The van der Waals surface area contributed by atoms with Crippen molar-refractivity contribution in [3.8, 4) is 0 Å².